The summed E-state index contributed by atoms with van der Waals surface area (Å²) in [7, 11) is 0. The second-order valence-electron chi connectivity index (χ2n) is 4.88. The third-order valence-corrected chi connectivity index (χ3v) is 4.00. The first-order valence-electron chi connectivity index (χ1n) is 6.06. The topological polar surface area (TPSA) is 68.1 Å². The lowest BCUT2D eigenvalue weighted by Crippen LogP contribution is -2.51. The zero-order valence-electron chi connectivity index (χ0n) is 9.46. The smallest absolute Gasteiger partial charge is 0.410 e. The summed E-state index contributed by atoms with van der Waals surface area (Å²) in [5.74, 6) is 0.539. The molecule has 0 saturated carbocycles. The summed E-state index contributed by atoms with van der Waals surface area (Å²) in [6.45, 7) is 2.98. The van der Waals surface area contributed by atoms with Crippen molar-refractivity contribution in [2.24, 2.45) is 11.7 Å². The predicted molar refractivity (Wildman–Crippen MR) is 56.9 cm³/mol. The average molecular weight is 226 g/mol. The number of amides is 1. The van der Waals surface area contributed by atoms with Gasteiger partial charge in [-0.3, -0.25) is 4.90 Å². The fourth-order valence-corrected chi connectivity index (χ4v) is 3.25. The van der Waals surface area contributed by atoms with Crippen molar-refractivity contribution in [2.75, 3.05) is 13.2 Å². The Morgan fingerprint density at radius 3 is 2.56 bits per heavy atom. The van der Waals surface area contributed by atoms with Crippen molar-refractivity contribution in [3.63, 3.8) is 0 Å². The fourth-order valence-electron chi connectivity index (χ4n) is 3.25. The van der Waals surface area contributed by atoms with Gasteiger partial charge in [0.2, 0.25) is 0 Å². The lowest BCUT2D eigenvalue weighted by molar-refractivity contribution is 0.0187. The molecule has 1 amide bonds. The summed E-state index contributed by atoms with van der Waals surface area (Å²) < 4.78 is 10.7. The zero-order chi connectivity index (χ0) is 11.3. The van der Waals surface area contributed by atoms with Gasteiger partial charge in [-0.05, 0) is 32.2 Å². The standard InChI is InChI=1S/C11H18N2O3/c1-2-15-11(14)13-7-3-6(5-12)4-8(13)10-9(7)16-10/h6-10H,2-5,12H2,1H3/t6?,7-,8+,9-,10+. The largest absolute Gasteiger partial charge is 0.450 e. The minimum absolute atomic E-state index is 0.177. The maximum absolute atomic E-state index is 11.8. The minimum Gasteiger partial charge on any atom is -0.450 e. The molecule has 2 bridgehead atoms. The molecule has 3 saturated heterocycles. The van der Waals surface area contributed by atoms with Crippen LogP contribution in [0.15, 0.2) is 0 Å². The normalized spacial score (nSPS) is 44.1. The number of nitrogens with two attached hydrogens (primary N) is 1. The molecule has 0 aromatic rings. The highest BCUT2D eigenvalue weighted by Gasteiger charge is 2.65. The van der Waals surface area contributed by atoms with E-state index in [-0.39, 0.29) is 30.4 Å². The second-order valence-corrected chi connectivity index (χ2v) is 4.88. The number of nitrogens with zero attached hydrogens (tertiary/aromatic N) is 1. The van der Waals surface area contributed by atoms with E-state index in [1.54, 1.807) is 0 Å². The van der Waals surface area contributed by atoms with Crippen molar-refractivity contribution in [3.05, 3.63) is 0 Å². The Morgan fingerprint density at radius 2 is 2.06 bits per heavy atom. The van der Waals surface area contributed by atoms with Crippen LogP contribution in [0, 0.1) is 5.92 Å². The van der Waals surface area contributed by atoms with Gasteiger partial charge in [-0.1, -0.05) is 0 Å². The quantitative estimate of drug-likeness (QED) is 0.689. The van der Waals surface area contributed by atoms with Crippen LogP contribution in [-0.4, -0.2) is 48.4 Å². The number of epoxide rings is 1. The molecule has 3 aliphatic rings. The number of carbonyl (C=O) groups is 1. The van der Waals surface area contributed by atoms with E-state index < -0.39 is 0 Å². The Hall–Kier alpha value is -0.810. The third kappa shape index (κ3) is 1.34. The Morgan fingerprint density at radius 1 is 1.44 bits per heavy atom. The molecule has 0 aliphatic carbocycles. The molecule has 3 aliphatic heterocycles. The van der Waals surface area contributed by atoms with Crippen molar-refractivity contribution >= 4 is 6.09 Å². The summed E-state index contributed by atoms with van der Waals surface area (Å²) >= 11 is 0. The summed E-state index contributed by atoms with van der Waals surface area (Å²) in [5, 5.41) is 0. The molecule has 3 rings (SSSR count). The van der Waals surface area contributed by atoms with E-state index in [1.165, 1.54) is 0 Å². The molecule has 0 radical (unpaired) electrons. The number of rotatable bonds is 2. The van der Waals surface area contributed by atoms with Crippen LogP contribution >= 0.6 is 0 Å². The number of carbonyl (C=O) groups excluding carboxylic acids is 1. The summed E-state index contributed by atoms with van der Waals surface area (Å²) in [6, 6.07) is 0.410. The molecule has 2 N–H and O–H groups in total. The molecule has 16 heavy (non-hydrogen) atoms. The first-order chi connectivity index (χ1) is 7.76. The van der Waals surface area contributed by atoms with E-state index in [9.17, 15) is 4.79 Å². The Kier molecular flexibility index (Phi) is 2.33. The number of piperidine rings is 1. The molecule has 1 unspecified atom stereocenters. The van der Waals surface area contributed by atoms with Crippen LogP contribution in [0.3, 0.4) is 0 Å². The van der Waals surface area contributed by atoms with Gasteiger partial charge in [0.05, 0.1) is 18.7 Å². The van der Waals surface area contributed by atoms with Crippen LogP contribution in [0.1, 0.15) is 19.8 Å². The van der Waals surface area contributed by atoms with E-state index in [2.05, 4.69) is 0 Å². The predicted octanol–water partition coefficient (Wildman–Crippen LogP) is 0.332. The van der Waals surface area contributed by atoms with Crippen molar-refractivity contribution in [2.45, 2.75) is 44.1 Å². The van der Waals surface area contributed by atoms with Crippen molar-refractivity contribution in [3.8, 4) is 0 Å². The first-order valence-corrected chi connectivity index (χ1v) is 6.06. The van der Waals surface area contributed by atoms with Gasteiger partial charge >= 0.3 is 6.09 Å². The lowest BCUT2D eigenvalue weighted by Gasteiger charge is -2.39. The van der Waals surface area contributed by atoms with Gasteiger partial charge in [0, 0.05) is 0 Å². The van der Waals surface area contributed by atoms with Crippen LogP contribution in [0.5, 0.6) is 0 Å². The van der Waals surface area contributed by atoms with Crippen LogP contribution in [0.2, 0.25) is 0 Å². The van der Waals surface area contributed by atoms with E-state index >= 15 is 0 Å². The number of ether oxygens (including phenoxy) is 2. The second kappa shape index (κ2) is 3.60. The van der Waals surface area contributed by atoms with Gasteiger partial charge in [-0.25, -0.2) is 4.79 Å². The Bertz CT molecular complexity index is 292. The van der Waals surface area contributed by atoms with Crippen LogP contribution in [0.25, 0.3) is 0 Å². The number of hydrogen-bond acceptors (Lipinski definition) is 4. The highest BCUT2D eigenvalue weighted by atomic mass is 16.6. The zero-order valence-corrected chi connectivity index (χ0v) is 9.46. The van der Waals surface area contributed by atoms with Crippen LogP contribution in [0.4, 0.5) is 4.79 Å². The van der Waals surface area contributed by atoms with Crippen molar-refractivity contribution < 1.29 is 14.3 Å². The molecule has 3 fully saturated rings. The van der Waals surface area contributed by atoms with Gasteiger partial charge in [0.1, 0.15) is 12.2 Å². The number of morpholine rings is 1. The summed E-state index contributed by atoms with van der Waals surface area (Å²) in [4.78, 5) is 13.7. The molecular weight excluding hydrogens is 208 g/mol. The molecule has 3 heterocycles. The molecule has 0 aromatic heterocycles. The van der Waals surface area contributed by atoms with Gasteiger partial charge < -0.3 is 15.2 Å². The monoisotopic (exact) mass is 226 g/mol. The third-order valence-electron chi connectivity index (χ3n) is 4.00. The molecular formula is C11H18N2O3. The van der Waals surface area contributed by atoms with Crippen molar-refractivity contribution in [1.29, 1.82) is 0 Å². The Balaban J connectivity index is 1.75. The Labute approximate surface area is 94.9 Å². The van der Waals surface area contributed by atoms with E-state index in [4.69, 9.17) is 15.2 Å². The summed E-state index contributed by atoms with van der Waals surface area (Å²) in [6.07, 6.45) is 2.26. The minimum atomic E-state index is -0.177. The molecule has 5 heteroatoms. The SMILES string of the molecule is CCOC(=O)N1[C@@H]2CC(CN)C[C@H]1[C@@H]1O[C@@H]12. The fraction of sp³-hybridized carbons (Fsp3) is 0.909. The highest BCUT2D eigenvalue weighted by Crippen LogP contribution is 2.49. The summed E-state index contributed by atoms with van der Waals surface area (Å²) in [5.41, 5.74) is 5.72. The van der Waals surface area contributed by atoms with Crippen LogP contribution in [-0.2, 0) is 9.47 Å². The van der Waals surface area contributed by atoms with Gasteiger partial charge in [0.25, 0.3) is 0 Å². The molecule has 5 atom stereocenters. The van der Waals surface area contributed by atoms with E-state index in [0.29, 0.717) is 19.1 Å². The average Bonchev–Trinajstić information content (AvgIpc) is 3.03. The maximum Gasteiger partial charge on any atom is 0.410 e. The van der Waals surface area contributed by atoms with Gasteiger partial charge in [0.15, 0.2) is 0 Å². The van der Waals surface area contributed by atoms with E-state index in [1.807, 2.05) is 11.8 Å². The molecule has 0 aromatic carbocycles. The van der Waals surface area contributed by atoms with Crippen molar-refractivity contribution in [1.82, 2.24) is 4.90 Å². The number of hydrogen-bond donors (Lipinski definition) is 1. The maximum atomic E-state index is 11.8. The lowest BCUT2D eigenvalue weighted by atomic mass is 9.90. The molecule has 0 spiro atoms. The number of fused-ring (bicyclic) bond motifs is 5. The first kappa shape index (κ1) is 10.4. The highest BCUT2D eigenvalue weighted by molar-refractivity contribution is 5.70. The van der Waals surface area contributed by atoms with Gasteiger partial charge in [-0.15, -0.1) is 0 Å². The molecule has 90 valence electrons. The van der Waals surface area contributed by atoms with E-state index in [0.717, 1.165) is 12.8 Å². The van der Waals surface area contributed by atoms with Crippen LogP contribution < -0.4 is 5.73 Å². The van der Waals surface area contributed by atoms with Gasteiger partial charge in [-0.2, -0.15) is 0 Å². The molecule has 5 nitrogen and oxygen atoms in total.